The van der Waals surface area contributed by atoms with Gasteiger partial charge in [0.05, 0.1) is 17.8 Å². The number of benzene rings is 1. The van der Waals surface area contributed by atoms with Crippen molar-refractivity contribution >= 4 is 11.8 Å². The summed E-state index contributed by atoms with van der Waals surface area (Å²) in [5.74, 6) is 0.0412. The van der Waals surface area contributed by atoms with Gasteiger partial charge in [-0.3, -0.25) is 5.32 Å². The van der Waals surface area contributed by atoms with E-state index in [0.29, 0.717) is 18.1 Å². The van der Waals surface area contributed by atoms with Gasteiger partial charge in [-0.05, 0) is 38.0 Å². The fourth-order valence-corrected chi connectivity index (χ4v) is 3.31. The molecule has 0 radical (unpaired) electrons. The number of aliphatic hydroxyl groups is 1. The predicted octanol–water partition coefficient (Wildman–Crippen LogP) is 3.09. The average molecular weight is 346 g/mol. The molecular weight excluding hydrogens is 323 g/mol. The van der Waals surface area contributed by atoms with Crippen molar-refractivity contribution in [2.75, 3.05) is 18.9 Å². The number of halogens is 1. The number of carbonyl (C=O) groups is 1. The zero-order valence-corrected chi connectivity index (χ0v) is 14.5. The van der Waals surface area contributed by atoms with Crippen LogP contribution in [-0.4, -0.2) is 45.0 Å². The highest BCUT2D eigenvalue weighted by Gasteiger charge is 2.33. The quantitative estimate of drug-likeness (QED) is 0.894. The summed E-state index contributed by atoms with van der Waals surface area (Å²) < 4.78 is 15.0. The molecule has 1 aliphatic carbocycles. The van der Waals surface area contributed by atoms with Crippen molar-refractivity contribution in [2.45, 2.75) is 38.2 Å². The number of nitrogens with zero attached hydrogens (tertiary/aromatic N) is 3. The summed E-state index contributed by atoms with van der Waals surface area (Å²) in [4.78, 5) is 13.8. The molecule has 0 atom stereocenters. The Kier molecular flexibility index (Phi) is 4.76. The van der Waals surface area contributed by atoms with Crippen LogP contribution in [0.3, 0.4) is 0 Å². The van der Waals surface area contributed by atoms with E-state index in [2.05, 4.69) is 10.4 Å². The van der Waals surface area contributed by atoms with Crippen LogP contribution in [0.2, 0.25) is 0 Å². The summed E-state index contributed by atoms with van der Waals surface area (Å²) >= 11 is 0. The predicted molar refractivity (Wildman–Crippen MR) is 93.3 cm³/mol. The van der Waals surface area contributed by atoms with Gasteiger partial charge in [-0.15, -0.1) is 5.10 Å². The van der Waals surface area contributed by atoms with Gasteiger partial charge < -0.3 is 10.0 Å². The van der Waals surface area contributed by atoms with Crippen LogP contribution in [-0.2, 0) is 0 Å². The molecule has 6 nitrogen and oxygen atoms in total. The second-order valence-corrected chi connectivity index (χ2v) is 6.78. The molecule has 1 heterocycles. The number of nitrogens with one attached hydrogen (secondary N) is 1. The Hall–Kier alpha value is -2.41. The Morgan fingerprint density at radius 2 is 2.12 bits per heavy atom. The Labute approximate surface area is 146 Å². The molecule has 1 aromatic carbocycles. The van der Waals surface area contributed by atoms with E-state index in [4.69, 9.17) is 0 Å². The summed E-state index contributed by atoms with van der Waals surface area (Å²) in [5, 5.41) is 17.5. The maximum atomic E-state index is 13.4. The van der Waals surface area contributed by atoms with Gasteiger partial charge >= 0.3 is 6.03 Å². The molecule has 2 N–H and O–H groups in total. The van der Waals surface area contributed by atoms with Gasteiger partial charge in [0.1, 0.15) is 5.82 Å². The van der Waals surface area contributed by atoms with Crippen LogP contribution >= 0.6 is 0 Å². The van der Waals surface area contributed by atoms with Crippen LogP contribution in [0.15, 0.2) is 30.3 Å². The van der Waals surface area contributed by atoms with Crippen molar-refractivity contribution in [3.8, 4) is 5.69 Å². The second kappa shape index (κ2) is 6.84. The van der Waals surface area contributed by atoms with Gasteiger partial charge in [-0.25, -0.2) is 13.9 Å². The zero-order chi connectivity index (χ0) is 18.0. The summed E-state index contributed by atoms with van der Waals surface area (Å²) in [6.07, 6.45) is 3.42. The lowest BCUT2D eigenvalue weighted by Crippen LogP contribution is -2.43. The van der Waals surface area contributed by atoms with E-state index in [1.54, 1.807) is 29.9 Å². The van der Waals surface area contributed by atoms with E-state index >= 15 is 0 Å². The van der Waals surface area contributed by atoms with Crippen LogP contribution < -0.4 is 5.32 Å². The molecule has 0 saturated heterocycles. The third-order valence-corrected chi connectivity index (χ3v) is 4.59. The lowest BCUT2D eigenvalue weighted by atomic mass is 10.0. The number of rotatable bonds is 4. The minimum atomic E-state index is -0.789. The van der Waals surface area contributed by atoms with E-state index in [1.165, 1.54) is 17.0 Å². The van der Waals surface area contributed by atoms with Crippen LogP contribution in [0.1, 0.15) is 31.4 Å². The zero-order valence-electron chi connectivity index (χ0n) is 14.5. The molecule has 0 unspecified atom stereocenters. The highest BCUT2D eigenvalue weighted by atomic mass is 19.1. The van der Waals surface area contributed by atoms with Crippen molar-refractivity contribution in [3.05, 3.63) is 41.8 Å². The normalized spacial score (nSPS) is 16.0. The van der Waals surface area contributed by atoms with E-state index in [9.17, 15) is 14.3 Å². The Balaban J connectivity index is 1.68. The molecule has 7 heteroatoms. The van der Waals surface area contributed by atoms with Crippen LogP contribution in [0.5, 0.6) is 0 Å². The number of anilines is 1. The molecule has 3 rings (SSSR count). The Morgan fingerprint density at radius 3 is 2.80 bits per heavy atom. The Bertz CT molecular complexity index is 768. The van der Waals surface area contributed by atoms with Crippen molar-refractivity contribution in [3.63, 3.8) is 0 Å². The maximum absolute atomic E-state index is 13.4. The van der Waals surface area contributed by atoms with E-state index in [1.807, 2.05) is 6.92 Å². The lowest BCUT2D eigenvalue weighted by Gasteiger charge is -2.28. The lowest BCUT2D eigenvalue weighted by molar-refractivity contribution is 0.0261. The SMILES string of the molecule is Cc1cc(NC(=O)N(C)CC2(O)CCCC2)nn1-c1cccc(F)c1. The molecule has 2 aromatic rings. The smallest absolute Gasteiger partial charge is 0.322 e. The molecular formula is C18H23FN4O2. The third kappa shape index (κ3) is 3.99. The highest BCUT2D eigenvalue weighted by molar-refractivity contribution is 5.88. The van der Waals surface area contributed by atoms with Gasteiger partial charge in [-0.2, -0.15) is 0 Å². The number of hydrogen-bond donors (Lipinski definition) is 2. The molecule has 25 heavy (non-hydrogen) atoms. The van der Waals surface area contributed by atoms with Crippen molar-refractivity contribution in [1.82, 2.24) is 14.7 Å². The minimum Gasteiger partial charge on any atom is -0.388 e. The first-order valence-electron chi connectivity index (χ1n) is 8.43. The standard InChI is InChI=1S/C18H23FN4O2/c1-13-10-16(21-23(13)15-7-5-6-14(19)11-15)20-17(24)22(2)12-18(25)8-3-4-9-18/h5-7,10-11,25H,3-4,8-9,12H2,1-2H3,(H,20,21,24). The molecule has 1 aliphatic rings. The second-order valence-electron chi connectivity index (χ2n) is 6.78. The number of hydrogen-bond acceptors (Lipinski definition) is 3. The minimum absolute atomic E-state index is 0.294. The summed E-state index contributed by atoms with van der Waals surface area (Å²) in [6.45, 7) is 2.13. The molecule has 1 aromatic heterocycles. The first-order valence-corrected chi connectivity index (χ1v) is 8.43. The number of urea groups is 1. The van der Waals surface area contributed by atoms with Gasteiger partial charge in [0, 0.05) is 18.8 Å². The fraction of sp³-hybridized carbons (Fsp3) is 0.444. The molecule has 134 valence electrons. The van der Waals surface area contributed by atoms with E-state index < -0.39 is 5.60 Å². The molecule has 2 amide bonds. The largest absolute Gasteiger partial charge is 0.388 e. The summed E-state index contributed by atoms with van der Waals surface area (Å²) in [5.41, 5.74) is 0.577. The van der Waals surface area contributed by atoms with E-state index in [-0.39, 0.29) is 11.8 Å². The summed E-state index contributed by atoms with van der Waals surface area (Å²) in [6, 6.07) is 7.50. The monoisotopic (exact) mass is 346 g/mol. The van der Waals surface area contributed by atoms with Crippen LogP contribution in [0, 0.1) is 12.7 Å². The van der Waals surface area contributed by atoms with Crippen LogP contribution in [0.25, 0.3) is 5.69 Å². The number of aromatic nitrogens is 2. The number of carbonyl (C=O) groups excluding carboxylic acids is 1. The fourth-order valence-electron chi connectivity index (χ4n) is 3.31. The van der Waals surface area contributed by atoms with Gasteiger partial charge in [0.25, 0.3) is 0 Å². The first-order chi connectivity index (χ1) is 11.9. The first kappa shape index (κ1) is 17.4. The van der Waals surface area contributed by atoms with Gasteiger partial charge in [0.2, 0.25) is 0 Å². The molecule has 1 saturated carbocycles. The topological polar surface area (TPSA) is 70.4 Å². The van der Waals surface area contributed by atoms with E-state index in [0.717, 1.165) is 31.4 Å². The van der Waals surface area contributed by atoms with Crippen molar-refractivity contribution < 1.29 is 14.3 Å². The highest BCUT2D eigenvalue weighted by Crippen LogP contribution is 2.30. The molecule has 0 bridgehead atoms. The van der Waals surface area contributed by atoms with Gasteiger partial charge in [-0.1, -0.05) is 18.9 Å². The van der Waals surface area contributed by atoms with Crippen LogP contribution in [0.4, 0.5) is 15.0 Å². The number of amides is 2. The molecule has 0 aliphatic heterocycles. The molecule has 1 fully saturated rings. The van der Waals surface area contributed by atoms with Crippen molar-refractivity contribution in [1.29, 1.82) is 0 Å². The molecule has 0 spiro atoms. The summed E-state index contributed by atoms with van der Waals surface area (Å²) in [7, 11) is 1.65. The third-order valence-electron chi connectivity index (χ3n) is 4.59. The maximum Gasteiger partial charge on any atom is 0.322 e. The number of likely N-dealkylation sites (N-methyl/N-ethyl adjacent to an activating group) is 1. The van der Waals surface area contributed by atoms with Crippen molar-refractivity contribution in [2.24, 2.45) is 0 Å². The number of aryl methyl sites for hydroxylation is 1. The van der Waals surface area contributed by atoms with Gasteiger partial charge in [0.15, 0.2) is 5.82 Å². The average Bonchev–Trinajstić information content (AvgIpc) is 3.13. The Morgan fingerprint density at radius 1 is 1.40 bits per heavy atom.